The van der Waals surface area contributed by atoms with E-state index in [0.29, 0.717) is 0 Å². The number of benzene rings is 4. The van der Waals surface area contributed by atoms with Crippen molar-refractivity contribution in [1.82, 2.24) is 9.97 Å². The van der Waals surface area contributed by atoms with Gasteiger partial charge in [-0.2, -0.15) is 0 Å². The number of rotatable bonds is 1. The van der Waals surface area contributed by atoms with Crippen molar-refractivity contribution in [2.45, 2.75) is 77.9 Å². The average Bonchev–Trinajstić information content (AvgIpc) is 3.46. The maximum absolute atomic E-state index is 6.74. The number of fused-ring (bicyclic) bond motifs is 10. The van der Waals surface area contributed by atoms with Crippen LogP contribution in [-0.4, -0.2) is 21.2 Å². The van der Waals surface area contributed by atoms with E-state index in [4.69, 9.17) is 9.47 Å². The molecular weight excluding hydrogens is 492 g/mol. The first-order valence-electron chi connectivity index (χ1n) is 14.6. The van der Waals surface area contributed by atoms with Gasteiger partial charge >= 0.3 is 0 Å². The SMILES string of the molecule is Cc1cc2c([nH]c3ccccc32)c2c1OC(C)(C)CC2c1cccc2c1[nH]c1c3c(c(C)cc12)OC(C)(C)CC3. The summed E-state index contributed by atoms with van der Waals surface area (Å²) >= 11 is 0. The van der Waals surface area contributed by atoms with Crippen LogP contribution in [0.1, 0.15) is 74.3 Å². The molecule has 4 heterocycles. The van der Waals surface area contributed by atoms with E-state index in [-0.39, 0.29) is 17.1 Å². The van der Waals surface area contributed by atoms with Gasteiger partial charge in [-0.3, -0.25) is 0 Å². The zero-order chi connectivity index (χ0) is 27.6. The first kappa shape index (κ1) is 23.9. The Bertz CT molecular complexity index is 2020. The Morgan fingerprint density at radius 2 is 1.40 bits per heavy atom. The fraction of sp³-hybridized carbons (Fsp3) is 0.333. The maximum atomic E-state index is 6.74. The predicted octanol–water partition coefficient (Wildman–Crippen LogP) is 9.37. The number of aromatic amines is 2. The van der Waals surface area contributed by atoms with Gasteiger partial charge in [0.15, 0.2) is 0 Å². The van der Waals surface area contributed by atoms with Gasteiger partial charge in [-0.05, 0) is 95.7 Å². The number of nitrogens with one attached hydrogen (secondary N) is 2. The highest BCUT2D eigenvalue weighted by Crippen LogP contribution is 2.51. The van der Waals surface area contributed by atoms with Crippen molar-refractivity contribution < 1.29 is 9.47 Å². The highest BCUT2D eigenvalue weighted by Gasteiger charge is 2.39. The normalized spacial score (nSPS) is 19.5. The Hall–Kier alpha value is -3.92. The van der Waals surface area contributed by atoms with Crippen LogP contribution < -0.4 is 9.47 Å². The molecule has 1 unspecified atom stereocenters. The molecule has 202 valence electrons. The van der Waals surface area contributed by atoms with Crippen LogP contribution in [0.25, 0.3) is 43.6 Å². The standard InChI is InChI=1S/C36H36N2O2/c1-19-16-26-22-11-9-12-23(30(22)38-31(26)24-14-15-35(3,4)39-33(19)24)27-18-36(5,6)40-34-20(2)17-25-21-10-7-8-13-28(21)37-32(25)29(27)34/h7-13,16-17,27,37-38H,14-15,18H2,1-6H3. The summed E-state index contributed by atoms with van der Waals surface area (Å²) in [5.74, 6) is 2.26. The second kappa shape index (κ2) is 7.84. The third-order valence-corrected chi connectivity index (χ3v) is 9.33. The van der Waals surface area contributed by atoms with Gasteiger partial charge in [0.25, 0.3) is 0 Å². The smallest absolute Gasteiger partial charge is 0.128 e. The molecule has 2 aliphatic rings. The second-order valence-corrected chi connectivity index (χ2v) is 13.3. The molecule has 40 heavy (non-hydrogen) atoms. The highest BCUT2D eigenvalue weighted by molar-refractivity contribution is 6.12. The highest BCUT2D eigenvalue weighted by atomic mass is 16.5. The molecule has 0 bridgehead atoms. The number of hydrogen-bond acceptors (Lipinski definition) is 2. The van der Waals surface area contributed by atoms with Gasteiger partial charge in [0.1, 0.15) is 22.7 Å². The van der Waals surface area contributed by atoms with Gasteiger partial charge < -0.3 is 19.4 Å². The van der Waals surface area contributed by atoms with Crippen LogP contribution in [0.4, 0.5) is 0 Å². The lowest BCUT2D eigenvalue weighted by Gasteiger charge is -2.39. The molecular formula is C36H36N2O2. The summed E-state index contributed by atoms with van der Waals surface area (Å²) in [5, 5.41) is 5.12. The zero-order valence-electron chi connectivity index (χ0n) is 24.2. The fourth-order valence-corrected chi connectivity index (χ4v) is 7.49. The molecule has 0 saturated heterocycles. The van der Waals surface area contributed by atoms with Crippen molar-refractivity contribution in [1.29, 1.82) is 0 Å². The third kappa shape index (κ3) is 3.31. The van der Waals surface area contributed by atoms with E-state index in [2.05, 4.69) is 106 Å². The maximum Gasteiger partial charge on any atom is 0.128 e. The molecule has 2 aromatic heterocycles. The van der Waals surface area contributed by atoms with Crippen LogP contribution in [0, 0.1) is 13.8 Å². The van der Waals surface area contributed by atoms with Crippen molar-refractivity contribution in [3.8, 4) is 11.5 Å². The molecule has 0 fully saturated rings. The molecule has 2 N–H and O–H groups in total. The number of aromatic nitrogens is 2. The molecule has 0 amide bonds. The molecule has 4 heteroatoms. The summed E-state index contributed by atoms with van der Waals surface area (Å²) in [6, 6.07) is 20.1. The first-order chi connectivity index (χ1) is 19.1. The zero-order valence-corrected chi connectivity index (χ0v) is 24.2. The van der Waals surface area contributed by atoms with Gasteiger partial charge in [0.05, 0.1) is 16.6 Å². The number of ether oxygens (including phenoxy) is 2. The average molecular weight is 529 g/mol. The lowest BCUT2D eigenvalue weighted by molar-refractivity contribution is 0.0772. The molecule has 0 radical (unpaired) electrons. The fourth-order valence-electron chi connectivity index (χ4n) is 7.49. The Morgan fingerprint density at radius 1 is 0.700 bits per heavy atom. The van der Waals surface area contributed by atoms with Gasteiger partial charge in [-0.15, -0.1) is 0 Å². The molecule has 6 aromatic rings. The number of H-pyrrole nitrogens is 2. The van der Waals surface area contributed by atoms with Crippen molar-refractivity contribution in [2.24, 2.45) is 0 Å². The lowest BCUT2D eigenvalue weighted by atomic mass is 9.78. The van der Waals surface area contributed by atoms with Crippen molar-refractivity contribution in [2.75, 3.05) is 0 Å². The minimum Gasteiger partial charge on any atom is -0.487 e. The minimum atomic E-state index is -0.286. The van der Waals surface area contributed by atoms with E-state index >= 15 is 0 Å². The molecule has 0 spiro atoms. The van der Waals surface area contributed by atoms with E-state index in [0.717, 1.165) is 30.8 Å². The van der Waals surface area contributed by atoms with E-state index in [9.17, 15) is 0 Å². The lowest BCUT2D eigenvalue weighted by Crippen LogP contribution is -2.35. The van der Waals surface area contributed by atoms with E-state index in [1.165, 1.54) is 71.4 Å². The minimum absolute atomic E-state index is 0.136. The van der Waals surface area contributed by atoms with Crippen LogP contribution in [0.3, 0.4) is 0 Å². The number of aryl methyl sites for hydroxylation is 3. The quantitative estimate of drug-likeness (QED) is 0.223. The van der Waals surface area contributed by atoms with Crippen molar-refractivity contribution >= 4 is 43.6 Å². The van der Waals surface area contributed by atoms with E-state index in [1.54, 1.807) is 0 Å². The summed E-state index contributed by atoms with van der Waals surface area (Å²) in [4.78, 5) is 7.73. The van der Waals surface area contributed by atoms with E-state index in [1.807, 2.05) is 0 Å². The van der Waals surface area contributed by atoms with Crippen LogP contribution in [0.2, 0.25) is 0 Å². The van der Waals surface area contributed by atoms with Gasteiger partial charge in [0, 0.05) is 44.1 Å². The molecule has 1 atom stereocenters. The Kier molecular flexibility index (Phi) is 4.69. The van der Waals surface area contributed by atoms with Gasteiger partial charge in [0.2, 0.25) is 0 Å². The van der Waals surface area contributed by atoms with Crippen LogP contribution in [-0.2, 0) is 6.42 Å². The van der Waals surface area contributed by atoms with Crippen molar-refractivity contribution in [3.63, 3.8) is 0 Å². The number of para-hydroxylation sites is 2. The molecule has 0 aliphatic carbocycles. The third-order valence-electron chi connectivity index (χ3n) is 9.33. The van der Waals surface area contributed by atoms with Crippen LogP contribution >= 0.6 is 0 Å². The van der Waals surface area contributed by atoms with Gasteiger partial charge in [-0.25, -0.2) is 0 Å². The summed E-state index contributed by atoms with van der Waals surface area (Å²) in [5.41, 5.74) is 10.7. The van der Waals surface area contributed by atoms with Crippen LogP contribution in [0.15, 0.2) is 54.6 Å². The van der Waals surface area contributed by atoms with Gasteiger partial charge in [-0.1, -0.05) is 36.4 Å². The Labute approximate surface area is 234 Å². The largest absolute Gasteiger partial charge is 0.487 e. The molecule has 8 rings (SSSR count). The number of hydrogen-bond donors (Lipinski definition) is 2. The Morgan fingerprint density at radius 3 is 2.23 bits per heavy atom. The first-order valence-corrected chi connectivity index (χ1v) is 14.6. The molecule has 4 nitrogen and oxygen atoms in total. The topological polar surface area (TPSA) is 50.0 Å². The summed E-state index contributed by atoms with van der Waals surface area (Å²) in [6.07, 6.45) is 2.93. The molecule has 2 aliphatic heterocycles. The van der Waals surface area contributed by atoms with Crippen molar-refractivity contribution in [3.05, 3.63) is 82.4 Å². The second-order valence-electron chi connectivity index (χ2n) is 13.3. The molecule has 4 aromatic carbocycles. The summed E-state index contributed by atoms with van der Waals surface area (Å²) in [6.45, 7) is 13.2. The van der Waals surface area contributed by atoms with E-state index < -0.39 is 0 Å². The summed E-state index contributed by atoms with van der Waals surface area (Å²) < 4.78 is 13.3. The van der Waals surface area contributed by atoms with Crippen LogP contribution in [0.5, 0.6) is 11.5 Å². The predicted molar refractivity (Wildman–Crippen MR) is 165 cm³/mol. The Balaban J connectivity index is 1.42. The summed E-state index contributed by atoms with van der Waals surface area (Å²) in [7, 11) is 0. The molecule has 0 saturated carbocycles. The monoisotopic (exact) mass is 528 g/mol.